The zero-order valence-electron chi connectivity index (χ0n) is 15.9. The molecule has 2 saturated heterocycles. The van der Waals surface area contributed by atoms with Crippen molar-refractivity contribution in [3.8, 4) is 11.5 Å². The predicted octanol–water partition coefficient (Wildman–Crippen LogP) is 2.72. The number of aromatic nitrogens is 3. The maximum atomic E-state index is 5.57. The van der Waals surface area contributed by atoms with Gasteiger partial charge >= 0.3 is 0 Å². The lowest BCUT2D eigenvalue weighted by Crippen LogP contribution is -2.57. The molecule has 2 aromatic rings. The maximum Gasteiger partial charge on any atom is 0.180 e. The Hall–Kier alpha value is -1.70. The van der Waals surface area contributed by atoms with Crippen LogP contribution in [0.25, 0.3) is 11.5 Å². The molecule has 0 amide bonds. The largest absolute Gasteiger partial charge is 0.379 e. The molecule has 0 saturated carbocycles. The van der Waals surface area contributed by atoms with E-state index >= 15 is 0 Å². The minimum absolute atomic E-state index is 0.191. The fourth-order valence-electron chi connectivity index (χ4n) is 3.77. The van der Waals surface area contributed by atoms with Crippen LogP contribution in [0.4, 0.5) is 5.82 Å². The molecular weight excluding hydrogens is 358 g/mol. The summed E-state index contributed by atoms with van der Waals surface area (Å²) in [6.07, 6.45) is 3.87. The van der Waals surface area contributed by atoms with Crippen LogP contribution in [-0.4, -0.2) is 69.7 Å². The van der Waals surface area contributed by atoms with Crippen molar-refractivity contribution < 1.29 is 4.74 Å². The number of nitrogens with one attached hydrogen (secondary N) is 1. The highest BCUT2D eigenvalue weighted by molar-refractivity contribution is 7.99. The third-order valence-electron chi connectivity index (χ3n) is 5.40. The van der Waals surface area contributed by atoms with Crippen molar-refractivity contribution in [1.82, 2.24) is 19.9 Å². The second kappa shape index (κ2) is 8.54. The van der Waals surface area contributed by atoms with Gasteiger partial charge in [-0.3, -0.25) is 9.88 Å². The minimum atomic E-state index is 0.191. The molecule has 1 unspecified atom stereocenters. The SMILES string of the molecule is CCc1cc(NCC2(N3CCOCC3)CCSC2)nc(-c2ccccn2)n1. The Labute approximate surface area is 165 Å². The van der Waals surface area contributed by atoms with E-state index in [0.717, 1.165) is 56.5 Å². The van der Waals surface area contributed by atoms with Crippen LogP contribution in [0.1, 0.15) is 19.0 Å². The number of aryl methyl sites for hydroxylation is 1. The van der Waals surface area contributed by atoms with E-state index in [1.165, 1.54) is 17.9 Å². The van der Waals surface area contributed by atoms with Crippen molar-refractivity contribution in [1.29, 1.82) is 0 Å². The topological polar surface area (TPSA) is 63.2 Å². The summed E-state index contributed by atoms with van der Waals surface area (Å²) >= 11 is 2.05. The van der Waals surface area contributed by atoms with Gasteiger partial charge < -0.3 is 10.1 Å². The van der Waals surface area contributed by atoms with Gasteiger partial charge in [-0.1, -0.05) is 13.0 Å². The van der Waals surface area contributed by atoms with Gasteiger partial charge in [0.25, 0.3) is 0 Å². The summed E-state index contributed by atoms with van der Waals surface area (Å²) < 4.78 is 5.57. The van der Waals surface area contributed by atoms with Gasteiger partial charge in [0.1, 0.15) is 11.5 Å². The first kappa shape index (κ1) is 18.7. The number of morpholine rings is 1. The summed E-state index contributed by atoms with van der Waals surface area (Å²) in [6, 6.07) is 7.92. The lowest BCUT2D eigenvalue weighted by atomic mass is 9.95. The molecule has 2 aliphatic rings. The van der Waals surface area contributed by atoms with Gasteiger partial charge in [-0.15, -0.1) is 0 Å². The number of thioether (sulfide) groups is 1. The first-order valence-electron chi connectivity index (χ1n) is 9.73. The molecule has 6 nitrogen and oxygen atoms in total. The summed E-state index contributed by atoms with van der Waals surface area (Å²) in [6.45, 7) is 6.74. The van der Waals surface area contributed by atoms with Crippen LogP contribution in [-0.2, 0) is 11.2 Å². The molecular formula is C20H27N5OS. The van der Waals surface area contributed by atoms with Gasteiger partial charge in [-0.05, 0) is 30.7 Å². The van der Waals surface area contributed by atoms with Crippen LogP contribution in [0.3, 0.4) is 0 Å². The maximum absolute atomic E-state index is 5.57. The van der Waals surface area contributed by atoms with Crippen molar-refractivity contribution >= 4 is 17.6 Å². The zero-order chi connectivity index (χ0) is 18.5. The molecule has 2 aliphatic heterocycles. The van der Waals surface area contributed by atoms with E-state index in [-0.39, 0.29) is 5.54 Å². The average molecular weight is 386 g/mol. The third kappa shape index (κ3) is 4.25. The van der Waals surface area contributed by atoms with Crippen LogP contribution in [0.5, 0.6) is 0 Å². The molecule has 7 heteroatoms. The van der Waals surface area contributed by atoms with E-state index in [9.17, 15) is 0 Å². The second-order valence-corrected chi connectivity index (χ2v) is 8.22. The molecule has 27 heavy (non-hydrogen) atoms. The van der Waals surface area contributed by atoms with E-state index in [0.29, 0.717) is 5.82 Å². The Balaban J connectivity index is 1.54. The van der Waals surface area contributed by atoms with E-state index in [1.54, 1.807) is 6.20 Å². The quantitative estimate of drug-likeness (QED) is 0.820. The lowest BCUT2D eigenvalue weighted by Gasteiger charge is -2.43. The highest BCUT2D eigenvalue weighted by atomic mass is 32.2. The van der Waals surface area contributed by atoms with E-state index in [4.69, 9.17) is 9.72 Å². The molecule has 4 rings (SSSR count). The Bertz CT molecular complexity index is 745. The third-order valence-corrected chi connectivity index (χ3v) is 6.63. The molecule has 0 aromatic carbocycles. The summed E-state index contributed by atoms with van der Waals surface area (Å²) in [5.41, 5.74) is 2.04. The van der Waals surface area contributed by atoms with Gasteiger partial charge in [0.15, 0.2) is 5.82 Å². The fourth-order valence-corrected chi connectivity index (χ4v) is 5.25. The molecule has 1 N–H and O–H groups in total. The Morgan fingerprint density at radius 3 is 2.85 bits per heavy atom. The molecule has 0 spiro atoms. The number of hydrogen-bond donors (Lipinski definition) is 1. The minimum Gasteiger partial charge on any atom is -0.379 e. The number of anilines is 1. The molecule has 0 bridgehead atoms. The number of rotatable bonds is 6. The molecule has 0 radical (unpaired) electrons. The van der Waals surface area contributed by atoms with Crippen molar-refractivity contribution in [3.05, 3.63) is 36.2 Å². The predicted molar refractivity (Wildman–Crippen MR) is 110 cm³/mol. The van der Waals surface area contributed by atoms with E-state index in [2.05, 4.69) is 44.9 Å². The number of nitrogens with zero attached hydrogens (tertiary/aromatic N) is 4. The molecule has 144 valence electrons. The van der Waals surface area contributed by atoms with E-state index < -0.39 is 0 Å². The molecule has 4 heterocycles. The van der Waals surface area contributed by atoms with E-state index in [1.807, 2.05) is 18.2 Å². The number of ether oxygens (including phenoxy) is 1. The van der Waals surface area contributed by atoms with Crippen LogP contribution < -0.4 is 5.32 Å². The molecule has 1 atom stereocenters. The monoisotopic (exact) mass is 385 g/mol. The zero-order valence-corrected chi connectivity index (χ0v) is 16.7. The van der Waals surface area contributed by atoms with Gasteiger partial charge in [-0.2, -0.15) is 11.8 Å². The lowest BCUT2D eigenvalue weighted by molar-refractivity contribution is -0.00922. The van der Waals surface area contributed by atoms with Crippen LogP contribution in [0.2, 0.25) is 0 Å². The van der Waals surface area contributed by atoms with Gasteiger partial charge in [0, 0.05) is 48.9 Å². The normalized spacial score (nSPS) is 23.4. The average Bonchev–Trinajstić information content (AvgIpc) is 3.23. The summed E-state index contributed by atoms with van der Waals surface area (Å²) in [5, 5.41) is 3.63. The van der Waals surface area contributed by atoms with Gasteiger partial charge in [0.05, 0.1) is 13.2 Å². The van der Waals surface area contributed by atoms with Gasteiger partial charge in [0.2, 0.25) is 0 Å². The first-order chi connectivity index (χ1) is 13.3. The number of hydrogen-bond acceptors (Lipinski definition) is 7. The molecule has 2 fully saturated rings. The number of pyridine rings is 1. The van der Waals surface area contributed by atoms with Gasteiger partial charge in [-0.25, -0.2) is 9.97 Å². The standard InChI is InChI=1S/C20H27N5OS/c1-2-16-13-18(24-19(23-16)17-5-3-4-7-21-17)22-14-20(6-12-27-15-20)25-8-10-26-11-9-25/h3-5,7,13H,2,6,8-12,14-15H2,1H3,(H,22,23,24). The van der Waals surface area contributed by atoms with Crippen molar-refractivity contribution in [2.24, 2.45) is 0 Å². The smallest absolute Gasteiger partial charge is 0.180 e. The fraction of sp³-hybridized carbons (Fsp3) is 0.550. The summed E-state index contributed by atoms with van der Waals surface area (Å²) in [7, 11) is 0. The van der Waals surface area contributed by atoms with Crippen LogP contribution in [0, 0.1) is 0 Å². The first-order valence-corrected chi connectivity index (χ1v) is 10.9. The second-order valence-electron chi connectivity index (χ2n) is 7.12. The highest BCUT2D eigenvalue weighted by Gasteiger charge is 2.40. The summed E-state index contributed by atoms with van der Waals surface area (Å²) in [4.78, 5) is 16.4. The highest BCUT2D eigenvalue weighted by Crippen LogP contribution is 2.34. The molecule has 2 aromatic heterocycles. The Morgan fingerprint density at radius 2 is 2.15 bits per heavy atom. The molecule has 0 aliphatic carbocycles. The van der Waals surface area contributed by atoms with Crippen LogP contribution >= 0.6 is 11.8 Å². The van der Waals surface area contributed by atoms with Crippen molar-refractivity contribution in [2.45, 2.75) is 25.3 Å². The van der Waals surface area contributed by atoms with Crippen LogP contribution in [0.15, 0.2) is 30.5 Å². The Morgan fingerprint density at radius 1 is 1.26 bits per heavy atom. The van der Waals surface area contributed by atoms with Crippen molar-refractivity contribution in [2.75, 3.05) is 49.7 Å². The van der Waals surface area contributed by atoms with Crippen molar-refractivity contribution in [3.63, 3.8) is 0 Å². The Kier molecular flexibility index (Phi) is 5.90. The summed E-state index contributed by atoms with van der Waals surface area (Å²) in [5.74, 6) is 3.98.